The predicted octanol–water partition coefficient (Wildman–Crippen LogP) is 14.8. The Kier molecular flexibility index (Phi) is 7.89. The molecule has 5 aliphatic rings. The van der Waals surface area contributed by atoms with Gasteiger partial charge in [-0.05, 0) is 158 Å². The molecule has 0 amide bonds. The molecule has 0 atom stereocenters. The van der Waals surface area contributed by atoms with Gasteiger partial charge in [0.1, 0.15) is 16.1 Å². The number of hydrogen-bond donors (Lipinski definition) is 0. The highest BCUT2D eigenvalue weighted by molar-refractivity contribution is 7.05. The molecule has 9 aromatic rings. The van der Waals surface area contributed by atoms with E-state index in [0.29, 0.717) is 0 Å². The predicted molar refractivity (Wildman–Crippen MR) is 292 cm³/mol. The minimum Gasteiger partial charge on any atom is -0.453 e. The summed E-state index contributed by atoms with van der Waals surface area (Å²) in [6.45, 7) is 19.7. The Bertz CT molecular complexity index is 3500. The van der Waals surface area contributed by atoms with Crippen LogP contribution in [0.5, 0.6) is 11.5 Å². The van der Waals surface area contributed by atoms with E-state index in [-0.39, 0.29) is 10.8 Å². The highest BCUT2D eigenvalue weighted by atomic mass is 28.3. The topological polar surface area (TPSA) is 12.5 Å². The molecule has 2 aliphatic carbocycles. The number of hydrogen-bond acceptors (Lipinski definition) is 2. The standard InChI is InChI=1S/C64H53NOSi2/c1-63(2)51-32-38(41-22-16-24-47-45-20-12-14-26-59(45)67(5,6)61(41)47)28-30-43(51)49-34-55-57(36-53(49)63)66-58-37-54-50(35-56(58)65(55)40-18-10-9-11-19-40)44-31-29-39(33-52(44)64(54,3)4)42-23-17-25-48-46-21-13-15-27-60(46)68(7,8)62(42)48/h9-37H,1-8H3. The van der Waals surface area contributed by atoms with Crippen LogP contribution >= 0.6 is 0 Å². The summed E-state index contributed by atoms with van der Waals surface area (Å²) >= 11 is 0. The van der Waals surface area contributed by atoms with Gasteiger partial charge in [-0.3, -0.25) is 0 Å². The SMILES string of the molecule is CC1(C)c2cc(-c3cccc4c3[Si](C)(C)c3ccccc3-4)ccc2-c2cc3c(cc21)Oc1cc2c(cc1N3c1ccccc1)-c1ccc(-c3cccc4c3[Si](C)(C)c3ccccc3-4)cc1C2(C)C. The van der Waals surface area contributed by atoms with Crippen molar-refractivity contribution in [1.29, 1.82) is 0 Å². The molecule has 0 bridgehead atoms. The van der Waals surface area contributed by atoms with Gasteiger partial charge in [0.05, 0.1) is 11.4 Å². The molecule has 68 heavy (non-hydrogen) atoms. The van der Waals surface area contributed by atoms with Crippen LogP contribution in [0.2, 0.25) is 26.2 Å². The molecule has 14 rings (SSSR count). The molecule has 0 fully saturated rings. The molecule has 0 spiro atoms. The summed E-state index contributed by atoms with van der Waals surface area (Å²) in [5, 5.41) is 6.20. The van der Waals surface area contributed by atoms with Crippen molar-refractivity contribution in [1.82, 2.24) is 0 Å². The normalized spacial score (nSPS) is 16.8. The van der Waals surface area contributed by atoms with Gasteiger partial charge in [-0.15, -0.1) is 0 Å². The van der Waals surface area contributed by atoms with E-state index < -0.39 is 16.1 Å². The lowest BCUT2D eigenvalue weighted by Crippen LogP contribution is -2.50. The van der Waals surface area contributed by atoms with Crippen LogP contribution in [0.4, 0.5) is 17.1 Å². The molecule has 0 saturated carbocycles. The van der Waals surface area contributed by atoms with E-state index in [2.05, 4.69) is 235 Å². The highest BCUT2D eigenvalue weighted by Crippen LogP contribution is 2.60. The van der Waals surface area contributed by atoms with Crippen LogP contribution < -0.4 is 30.4 Å². The third-order valence-corrected chi connectivity index (χ3v) is 24.2. The largest absolute Gasteiger partial charge is 0.453 e. The number of nitrogens with zero attached hydrogens (tertiary/aromatic N) is 1. The van der Waals surface area contributed by atoms with E-state index in [1.54, 1.807) is 20.7 Å². The van der Waals surface area contributed by atoms with E-state index in [9.17, 15) is 0 Å². The maximum Gasteiger partial charge on any atom is 0.151 e. The third kappa shape index (κ3) is 5.12. The van der Waals surface area contributed by atoms with Crippen LogP contribution in [-0.2, 0) is 10.8 Å². The summed E-state index contributed by atoms with van der Waals surface area (Å²) in [7, 11) is -3.83. The van der Waals surface area contributed by atoms with E-state index >= 15 is 0 Å². The van der Waals surface area contributed by atoms with Crippen molar-refractivity contribution in [2.75, 3.05) is 4.90 Å². The van der Waals surface area contributed by atoms with Crippen molar-refractivity contribution in [2.24, 2.45) is 0 Å². The van der Waals surface area contributed by atoms with Crippen LogP contribution in [-0.4, -0.2) is 16.1 Å². The molecule has 0 N–H and O–H groups in total. The van der Waals surface area contributed by atoms with Crippen LogP contribution in [0.3, 0.4) is 0 Å². The maximum atomic E-state index is 7.23. The lowest BCUT2D eigenvalue weighted by molar-refractivity contribution is 0.473. The Balaban J connectivity index is 0.887. The summed E-state index contributed by atoms with van der Waals surface area (Å²) in [6.07, 6.45) is 0. The molecular weight excluding hydrogens is 855 g/mol. The van der Waals surface area contributed by atoms with Crippen LogP contribution in [0.25, 0.3) is 66.8 Å². The lowest BCUT2D eigenvalue weighted by atomic mass is 9.81. The molecule has 4 heteroatoms. The van der Waals surface area contributed by atoms with Gasteiger partial charge in [0, 0.05) is 16.5 Å². The zero-order valence-electron chi connectivity index (χ0n) is 40.1. The summed E-state index contributed by atoms with van der Waals surface area (Å²) in [6, 6.07) is 67.1. The zero-order chi connectivity index (χ0) is 46.2. The molecule has 0 saturated heterocycles. The first-order valence-corrected chi connectivity index (χ1v) is 30.4. The molecule has 3 heterocycles. The van der Waals surface area contributed by atoms with Gasteiger partial charge in [-0.2, -0.15) is 0 Å². The Morgan fingerprint density at radius 2 is 0.750 bits per heavy atom. The zero-order valence-corrected chi connectivity index (χ0v) is 42.1. The minimum atomic E-state index is -1.91. The number of para-hydroxylation sites is 1. The molecule has 0 aromatic heterocycles. The number of ether oxygens (including phenoxy) is 1. The second kappa shape index (κ2) is 13.4. The monoisotopic (exact) mass is 907 g/mol. The summed E-state index contributed by atoms with van der Waals surface area (Å²) in [5.41, 5.74) is 24.4. The van der Waals surface area contributed by atoms with Crippen molar-refractivity contribution in [3.63, 3.8) is 0 Å². The van der Waals surface area contributed by atoms with E-state index in [4.69, 9.17) is 4.74 Å². The van der Waals surface area contributed by atoms with E-state index in [0.717, 1.165) is 28.6 Å². The molecule has 2 nitrogen and oxygen atoms in total. The fourth-order valence-electron chi connectivity index (χ4n) is 13.6. The van der Waals surface area contributed by atoms with Gasteiger partial charge < -0.3 is 9.64 Å². The first-order chi connectivity index (χ1) is 32.7. The van der Waals surface area contributed by atoms with Crippen molar-refractivity contribution in [2.45, 2.75) is 64.7 Å². The van der Waals surface area contributed by atoms with Gasteiger partial charge in [-0.25, -0.2) is 0 Å². The van der Waals surface area contributed by atoms with Crippen molar-refractivity contribution in [3.8, 4) is 78.3 Å². The van der Waals surface area contributed by atoms with E-state index in [1.165, 1.54) is 89.0 Å². The molecule has 3 aliphatic heterocycles. The summed E-state index contributed by atoms with van der Waals surface area (Å²) in [4.78, 5) is 2.45. The van der Waals surface area contributed by atoms with Gasteiger partial charge in [-0.1, -0.05) is 181 Å². The van der Waals surface area contributed by atoms with Crippen molar-refractivity contribution < 1.29 is 4.74 Å². The quantitative estimate of drug-likeness (QED) is 0.164. The third-order valence-electron chi connectivity index (χ3n) is 17.0. The second-order valence-electron chi connectivity index (χ2n) is 22.1. The molecule has 9 aromatic carbocycles. The molecule has 0 unspecified atom stereocenters. The average molecular weight is 908 g/mol. The first kappa shape index (κ1) is 40.1. The number of benzene rings is 9. The Labute approximate surface area is 402 Å². The maximum absolute atomic E-state index is 7.23. The second-order valence-corrected chi connectivity index (χ2v) is 30.6. The Morgan fingerprint density at radius 1 is 0.353 bits per heavy atom. The van der Waals surface area contributed by atoms with Crippen molar-refractivity contribution in [3.05, 3.63) is 198 Å². The van der Waals surface area contributed by atoms with E-state index in [1.807, 2.05) is 0 Å². The van der Waals surface area contributed by atoms with Gasteiger partial charge in [0.2, 0.25) is 0 Å². The number of rotatable bonds is 3. The van der Waals surface area contributed by atoms with Crippen LogP contribution in [0.1, 0.15) is 49.9 Å². The summed E-state index contributed by atoms with van der Waals surface area (Å²) in [5.74, 6) is 1.79. The highest BCUT2D eigenvalue weighted by Gasteiger charge is 2.44. The number of anilines is 3. The average Bonchev–Trinajstić information content (AvgIpc) is 3.91. The minimum absolute atomic E-state index is 0.233. The van der Waals surface area contributed by atoms with Gasteiger partial charge in [0.25, 0.3) is 0 Å². The first-order valence-electron chi connectivity index (χ1n) is 24.4. The smallest absolute Gasteiger partial charge is 0.151 e. The number of fused-ring (bicyclic) bond motifs is 14. The van der Waals surface area contributed by atoms with Gasteiger partial charge >= 0.3 is 0 Å². The molecular formula is C64H53NOSi2. The lowest BCUT2D eigenvalue weighted by Gasteiger charge is -2.35. The fraction of sp³-hybridized carbons (Fsp3) is 0.156. The van der Waals surface area contributed by atoms with Gasteiger partial charge in [0.15, 0.2) is 11.5 Å². The fourth-order valence-corrected chi connectivity index (χ4v) is 20.6. The molecule has 328 valence electrons. The van der Waals surface area contributed by atoms with Crippen LogP contribution in [0, 0.1) is 0 Å². The van der Waals surface area contributed by atoms with Crippen LogP contribution in [0.15, 0.2) is 176 Å². The summed E-state index contributed by atoms with van der Waals surface area (Å²) < 4.78 is 7.23. The Hall–Kier alpha value is -6.99. The molecule has 0 radical (unpaired) electrons. The Morgan fingerprint density at radius 3 is 1.22 bits per heavy atom. The van der Waals surface area contributed by atoms with Crippen molar-refractivity contribution >= 4 is 54.0 Å².